The molecule has 5 aliphatic rings. The Balaban J connectivity index is 1.23. The fraction of sp³-hybridized carbons (Fsp3) is 0.762. The van der Waals surface area contributed by atoms with Crippen LogP contribution in [0.15, 0.2) is 6.33 Å². The number of imidazole rings is 1. The molecule has 4 bridgehead atoms. The number of halogens is 1. The molecule has 0 amide bonds. The van der Waals surface area contributed by atoms with Crippen LogP contribution in [0.1, 0.15) is 44.8 Å². The number of nitrogens with one attached hydrogen (secondary N) is 1. The molecule has 1 saturated heterocycles. The maximum Gasteiger partial charge on any atom is 0.340 e. The van der Waals surface area contributed by atoms with Gasteiger partial charge in [0.15, 0.2) is 29.1 Å². The van der Waals surface area contributed by atoms with Crippen molar-refractivity contribution in [3.05, 3.63) is 11.6 Å². The van der Waals surface area contributed by atoms with E-state index in [9.17, 15) is 24.2 Å². The molecular formula is C21H30ClN5O9P2. The second-order valence-electron chi connectivity index (χ2n) is 11.3. The highest BCUT2D eigenvalue weighted by molar-refractivity contribution is 7.70. The summed E-state index contributed by atoms with van der Waals surface area (Å²) in [5, 5.41) is 24.8. The van der Waals surface area contributed by atoms with Crippen LogP contribution in [0.2, 0.25) is 5.28 Å². The lowest BCUT2D eigenvalue weighted by Crippen LogP contribution is -2.54. The SMILES string of the molecule is O=P(O)(O)CP(=O)(O)OC[C@H]1O[C@@H](n2cnc3c(NC45CC6CC(CC(C6)C4)C5)nc(Cl)nc32)C(O)C1O. The minimum absolute atomic E-state index is 0.0296. The Bertz CT molecular complexity index is 1300. The van der Waals surface area contributed by atoms with E-state index in [1.807, 2.05) is 0 Å². The average molecular weight is 594 g/mol. The minimum Gasteiger partial charge on any atom is -0.387 e. The van der Waals surface area contributed by atoms with Crippen LogP contribution >= 0.6 is 26.8 Å². The number of rotatable bonds is 8. The molecule has 210 valence electrons. The molecule has 0 radical (unpaired) electrons. The molecule has 5 atom stereocenters. The molecule has 38 heavy (non-hydrogen) atoms. The summed E-state index contributed by atoms with van der Waals surface area (Å²) in [5.74, 6) is 1.23. The Morgan fingerprint density at radius 1 is 1.08 bits per heavy atom. The molecule has 17 heteroatoms. The average Bonchev–Trinajstić information content (AvgIpc) is 3.30. The van der Waals surface area contributed by atoms with Crippen LogP contribution in [0.3, 0.4) is 0 Å². The first-order chi connectivity index (χ1) is 17.8. The van der Waals surface area contributed by atoms with Gasteiger partial charge < -0.3 is 39.5 Å². The third-order valence-corrected chi connectivity index (χ3v) is 11.9. The summed E-state index contributed by atoms with van der Waals surface area (Å²) in [5.41, 5.74) is 0.622. The van der Waals surface area contributed by atoms with Gasteiger partial charge >= 0.3 is 15.2 Å². The van der Waals surface area contributed by atoms with Crippen molar-refractivity contribution in [3.63, 3.8) is 0 Å². The van der Waals surface area contributed by atoms with Crippen molar-refractivity contribution < 1.29 is 43.3 Å². The number of aliphatic hydroxyl groups is 2. The maximum atomic E-state index is 12.0. The molecule has 0 spiro atoms. The third kappa shape index (κ3) is 5.16. The lowest BCUT2D eigenvalue weighted by atomic mass is 9.53. The Morgan fingerprint density at radius 3 is 2.32 bits per heavy atom. The standard InChI is InChI=1S/C21H30ClN5O9P2/c22-20-24-17(26-21-4-10-1-11(5-21)3-12(2-10)6-21)14-18(25-20)27(8-23-14)19-16(29)15(28)13(36-19)7-35-38(33,34)9-37(30,31)32/h8,10-13,15-16,19,28-29H,1-7,9H2,(H,33,34)(H,24,25,26)(H2,30,31,32)/t10?,11?,12?,13-,15?,16?,19-,21?/m1/s1. The van der Waals surface area contributed by atoms with Crippen molar-refractivity contribution in [2.45, 2.75) is 68.6 Å². The monoisotopic (exact) mass is 593 g/mol. The largest absolute Gasteiger partial charge is 0.387 e. The highest BCUT2D eigenvalue weighted by Crippen LogP contribution is 2.57. The first-order valence-electron chi connectivity index (χ1n) is 12.5. The molecule has 1 aliphatic heterocycles. The predicted octanol–water partition coefficient (Wildman–Crippen LogP) is 1.82. The van der Waals surface area contributed by atoms with Gasteiger partial charge in [0.2, 0.25) is 5.28 Å². The zero-order valence-electron chi connectivity index (χ0n) is 20.2. The second-order valence-corrected chi connectivity index (χ2v) is 15.6. The van der Waals surface area contributed by atoms with Gasteiger partial charge in [-0.3, -0.25) is 13.7 Å². The van der Waals surface area contributed by atoms with Crippen LogP contribution in [-0.2, 0) is 18.4 Å². The predicted molar refractivity (Wildman–Crippen MR) is 133 cm³/mol. The van der Waals surface area contributed by atoms with E-state index in [-0.39, 0.29) is 16.5 Å². The van der Waals surface area contributed by atoms with Gasteiger partial charge in [-0.25, -0.2) is 4.98 Å². The highest BCUT2D eigenvalue weighted by Gasteiger charge is 2.51. The van der Waals surface area contributed by atoms with Crippen molar-refractivity contribution in [3.8, 4) is 0 Å². The molecule has 3 unspecified atom stereocenters. The van der Waals surface area contributed by atoms with Gasteiger partial charge in [0.05, 0.1) is 12.9 Å². The molecule has 14 nitrogen and oxygen atoms in total. The topological polar surface area (TPSA) is 209 Å². The molecule has 6 N–H and O–H groups in total. The molecule has 2 aromatic heterocycles. The first-order valence-corrected chi connectivity index (χ1v) is 16.4. The van der Waals surface area contributed by atoms with Gasteiger partial charge in [0.25, 0.3) is 0 Å². The quantitative estimate of drug-likeness (QED) is 0.191. The van der Waals surface area contributed by atoms with Gasteiger partial charge in [-0.2, -0.15) is 9.97 Å². The number of nitrogens with zero attached hydrogens (tertiary/aromatic N) is 4. The number of anilines is 1. The van der Waals surface area contributed by atoms with E-state index in [1.165, 1.54) is 30.2 Å². The lowest BCUT2D eigenvalue weighted by Gasteiger charge is -2.57. The smallest absolute Gasteiger partial charge is 0.340 e. The molecule has 7 rings (SSSR count). The van der Waals surface area contributed by atoms with Crippen LogP contribution in [0.5, 0.6) is 0 Å². The van der Waals surface area contributed by atoms with E-state index in [4.69, 9.17) is 30.6 Å². The molecule has 4 saturated carbocycles. The summed E-state index contributed by atoms with van der Waals surface area (Å²) in [6, 6.07) is 0. The molecule has 3 heterocycles. The molecule has 0 aromatic carbocycles. The Kier molecular flexibility index (Phi) is 6.71. The van der Waals surface area contributed by atoms with Gasteiger partial charge in [0, 0.05) is 5.54 Å². The number of ether oxygens (including phenoxy) is 1. The minimum atomic E-state index is -4.82. The summed E-state index contributed by atoms with van der Waals surface area (Å²) in [6.45, 7) is -0.691. The van der Waals surface area contributed by atoms with Crippen molar-refractivity contribution in [1.29, 1.82) is 0 Å². The summed E-state index contributed by atoms with van der Waals surface area (Å²) < 4.78 is 35.0. The van der Waals surface area contributed by atoms with E-state index in [2.05, 4.69) is 20.3 Å². The van der Waals surface area contributed by atoms with Gasteiger partial charge in [-0.15, -0.1) is 0 Å². The third-order valence-electron chi connectivity index (χ3n) is 8.23. The van der Waals surface area contributed by atoms with E-state index >= 15 is 0 Å². The van der Waals surface area contributed by atoms with Crippen molar-refractivity contribution >= 4 is 43.8 Å². The van der Waals surface area contributed by atoms with Crippen LogP contribution < -0.4 is 5.32 Å². The number of aliphatic hydroxyl groups excluding tert-OH is 2. The zero-order chi connectivity index (χ0) is 27.0. The first kappa shape index (κ1) is 27.0. The molecule has 5 fully saturated rings. The fourth-order valence-corrected chi connectivity index (χ4v) is 9.97. The number of fused-ring (bicyclic) bond motifs is 1. The van der Waals surface area contributed by atoms with Crippen LogP contribution in [0, 0.1) is 17.8 Å². The molecular weight excluding hydrogens is 564 g/mol. The summed E-state index contributed by atoms with van der Waals surface area (Å²) in [7, 11) is -9.50. The van der Waals surface area contributed by atoms with Gasteiger partial charge in [-0.05, 0) is 67.9 Å². The normalized spacial score (nSPS) is 38.1. The fourth-order valence-electron chi connectivity index (χ4n) is 7.24. The van der Waals surface area contributed by atoms with Crippen molar-refractivity contribution in [2.24, 2.45) is 17.8 Å². The van der Waals surface area contributed by atoms with Crippen LogP contribution in [-0.4, -0.2) is 80.8 Å². The van der Waals surface area contributed by atoms with Gasteiger partial charge in [-0.1, -0.05) is 0 Å². The maximum absolute atomic E-state index is 12.0. The highest BCUT2D eigenvalue weighted by atomic mass is 35.5. The van der Waals surface area contributed by atoms with Crippen molar-refractivity contribution in [1.82, 2.24) is 19.5 Å². The van der Waals surface area contributed by atoms with E-state index in [0.717, 1.165) is 19.3 Å². The molecule has 2 aromatic rings. The number of aromatic nitrogens is 4. The van der Waals surface area contributed by atoms with E-state index in [0.29, 0.717) is 29.1 Å². The summed E-state index contributed by atoms with van der Waals surface area (Å²) in [6.07, 6.45) is 2.94. The molecule has 4 aliphatic carbocycles. The summed E-state index contributed by atoms with van der Waals surface area (Å²) in [4.78, 5) is 40.8. The second kappa shape index (κ2) is 9.44. The van der Waals surface area contributed by atoms with E-state index < -0.39 is 52.2 Å². The van der Waals surface area contributed by atoms with Crippen LogP contribution in [0.4, 0.5) is 5.82 Å². The Morgan fingerprint density at radius 2 is 1.71 bits per heavy atom. The zero-order valence-corrected chi connectivity index (χ0v) is 22.8. The number of hydrogen-bond acceptors (Lipinski definition) is 10. The Labute approximate surface area is 222 Å². The van der Waals surface area contributed by atoms with Crippen molar-refractivity contribution in [2.75, 3.05) is 17.8 Å². The lowest BCUT2D eigenvalue weighted by molar-refractivity contribution is -0.0483. The summed E-state index contributed by atoms with van der Waals surface area (Å²) >= 11 is 6.29. The van der Waals surface area contributed by atoms with Crippen LogP contribution in [0.25, 0.3) is 11.2 Å². The van der Waals surface area contributed by atoms with E-state index in [1.54, 1.807) is 0 Å². The van der Waals surface area contributed by atoms with Gasteiger partial charge in [0.1, 0.15) is 18.3 Å². The number of hydrogen-bond donors (Lipinski definition) is 6. The Hall–Kier alpha value is -1.18.